The summed E-state index contributed by atoms with van der Waals surface area (Å²) in [6.07, 6.45) is 0. The van der Waals surface area contributed by atoms with Crippen LogP contribution in [0.3, 0.4) is 0 Å². The van der Waals surface area contributed by atoms with Crippen molar-refractivity contribution in [3.8, 4) is 22.9 Å². The predicted molar refractivity (Wildman–Crippen MR) is 108 cm³/mol. The van der Waals surface area contributed by atoms with Gasteiger partial charge in [0.1, 0.15) is 0 Å². The van der Waals surface area contributed by atoms with Gasteiger partial charge in [-0.05, 0) is 30.3 Å². The topological polar surface area (TPSA) is 104 Å². The van der Waals surface area contributed by atoms with Gasteiger partial charge in [0.25, 0.3) is 0 Å². The highest BCUT2D eigenvalue weighted by Crippen LogP contribution is 2.34. The number of nitrogens with two attached hydrogens (primary N) is 1. The van der Waals surface area contributed by atoms with Gasteiger partial charge in [0, 0.05) is 22.3 Å². The van der Waals surface area contributed by atoms with E-state index in [1.165, 1.54) is 4.68 Å². The van der Waals surface area contributed by atoms with E-state index in [4.69, 9.17) is 38.5 Å². The van der Waals surface area contributed by atoms with Gasteiger partial charge in [0.2, 0.25) is 17.9 Å². The van der Waals surface area contributed by atoms with Gasteiger partial charge >= 0.3 is 0 Å². The first kappa shape index (κ1) is 18.7. The number of halogens is 2. The molecule has 0 saturated heterocycles. The SMILES string of the molecule is Nn1c(SCC(=O)Nc2ccc3c(c2)OCO3)nnc1-c1cc(Cl)ccc1Cl. The average Bonchev–Trinajstić information content (AvgIpc) is 3.28. The van der Waals surface area contributed by atoms with E-state index < -0.39 is 0 Å². The second kappa shape index (κ2) is 7.78. The standard InChI is InChI=1S/C17H13Cl2N5O3S/c18-9-1-3-12(19)11(5-9)16-22-23-17(24(16)20)28-7-15(25)21-10-2-4-13-14(6-10)27-8-26-13/h1-6H,7-8,20H2,(H,21,25). The minimum atomic E-state index is -0.228. The smallest absolute Gasteiger partial charge is 0.234 e. The number of amides is 1. The summed E-state index contributed by atoms with van der Waals surface area (Å²) in [7, 11) is 0. The molecule has 0 atom stereocenters. The van der Waals surface area contributed by atoms with Crippen molar-refractivity contribution >= 4 is 46.6 Å². The van der Waals surface area contributed by atoms with Crippen LogP contribution in [0.2, 0.25) is 10.0 Å². The van der Waals surface area contributed by atoms with E-state index in [1.54, 1.807) is 36.4 Å². The van der Waals surface area contributed by atoms with E-state index in [1.807, 2.05) is 0 Å². The van der Waals surface area contributed by atoms with E-state index in [0.29, 0.717) is 43.8 Å². The summed E-state index contributed by atoms with van der Waals surface area (Å²) >= 11 is 13.3. The number of anilines is 1. The molecule has 0 fully saturated rings. The summed E-state index contributed by atoms with van der Waals surface area (Å²) in [5, 5.41) is 12.2. The zero-order valence-corrected chi connectivity index (χ0v) is 16.5. The maximum Gasteiger partial charge on any atom is 0.234 e. The fraction of sp³-hybridized carbons (Fsp3) is 0.118. The number of ether oxygens (including phenoxy) is 2. The molecule has 0 aliphatic carbocycles. The van der Waals surface area contributed by atoms with Crippen molar-refractivity contribution in [3.05, 3.63) is 46.4 Å². The maximum atomic E-state index is 12.2. The van der Waals surface area contributed by atoms with Crippen molar-refractivity contribution in [2.24, 2.45) is 0 Å². The first-order valence-corrected chi connectivity index (χ1v) is 9.73. The molecule has 8 nitrogen and oxygen atoms in total. The van der Waals surface area contributed by atoms with Crippen molar-refractivity contribution in [1.82, 2.24) is 14.9 Å². The fourth-order valence-electron chi connectivity index (χ4n) is 2.53. The van der Waals surface area contributed by atoms with E-state index >= 15 is 0 Å². The minimum absolute atomic E-state index is 0.0903. The van der Waals surface area contributed by atoms with Crippen LogP contribution < -0.4 is 20.6 Å². The van der Waals surface area contributed by atoms with Crippen molar-refractivity contribution in [2.75, 3.05) is 23.7 Å². The molecular weight excluding hydrogens is 425 g/mol. The Hall–Kier alpha value is -2.62. The molecule has 0 spiro atoms. The number of nitrogens with zero attached hydrogens (tertiary/aromatic N) is 3. The number of rotatable bonds is 5. The second-order valence-electron chi connectivity index (χ2n) is 5.71. The lowest BCUT2D eigenvalue weighted by Crippen LogP contribution is -2.16. The first-order valence-electron chi connectivity index (χ1n) is 7.99. The predicted octanol–water partition coefficient (Wildman–Crippen LogP) is 3.43. The van der Waals surface area contributed by atoms with Crippen LogP contribution >= 0.6 is 35.0 Å². The molecular formula is C17H13Cl2N5O3S. The highest BCUT2D eigenvalue weighted by molar-refractivity contribution is 7.99. The third-order valence-electron chi connectivity index (χ3n) is 3.82. The number of fused-ring (bicyclic) bond motifs is 1. The summed E-state index contributed by atoms with van der Waals surface area (Å²) in [6.45, 7) is 0.174. The molecule has 3 N–H and O–H groups in total. The van der Waals surface area contributed by atoms with Gasteiger partial charge < -0.3 is 20.6 Å². The lowest BCUT2D eigenvalue weighted by atomic mass is 10.2. The molecule has 1 aliphatic heterocycles. The van der Waals surface area contributed by atoms with E-state index in [-0.39, 0.29) is 18.5 Å². The molecule has 144 valence electrons. The van der Waals surface area contributed by atoms with Crippen LogP contribution in [0.15, 0.2) is 41.6 Å². The Labute approximate surface area is 173 Å². The molecule has 0 saturated carbocycles. The zero-order valence-electron chi connectivity index (χ0n) is 14.2. The molecule has 0 radical (unpaired) electrons. The maximum absolute atomic E-state index is 12.2. The van der Waals surface area contributed by atoms with Crippen molar-refractivity contribution in [2.45, 2.75) is 5.16 Å². The highest BCUT2D eigenvalue weighted by Gasteiger charge is 2.17. The molecule has 0 bridgehead atoms. The van der Waals surface area contributed by atoms with Gasteiger partial charge in [-0.15, -0.1) is 10.2 Å². The van der Waals surface area contributed by atoms with Gasteiger partial charge in [-0.2, -0.15) is 0 Å². The number of carbonyl (C=O) groups excluding carboxylic acids is 1. The lowest BCUT2D eigenvalue weighted by Gasteiger charge is -2.07. The molecule has 0 unspecified atom stereocenters. The van der Waals surface area contributed by atoms with Gasteiger partial charge in [0.05, 0.1) is 10.8 Å². The summed E-state index contributed by atoms with van der Waals surface area (Å²) < 4.78 is 11.8. The van der Waals surface area contributed by atoms with Crippen LogP contribution in [0.25, 0.3) is 11.4 Å². The number of aromatic nitrogens is 3. The molecule has 2 aromatic carbocycles. The number of thioether (sulfide) groups is 1. The number of nitrogens with one attached hydrogen (secondary N) is 1. The number of carbonyl (C=O) groups is 1. The summed E-state index contributed by atoms with van der Waals surface area (Å²) in [5.41, 5.74) is 1.16. The molecule has 2 heterocycles. The summed E-state index contributed by atoms with van der Waals surface area (Å²) in [4.78, 5) is 12.2. The number of hydrogen-bond donors (Lipinski definition) is 2. The molecule has 1 amide bonds. The van der Waals surface area contributed by atoms with Crippen LogP contribution in [0.5, 0.6) is 11.5 Å². The average molecular weight is 438 g/mol. The van der Waals surface area contributed by atoms with Crippen LogP contribution in [-0.4, -0.2) is 33.3 Å². The molecule has 28 heavy (non-hydrogen) atoms. The Kier molecular flexibility index (Phi) is 5.21. The monoisotopic (exact) mass is 437 g/mol. The lowest BCUT2D eigenvalue weighted by molar-refractivity contribution is -0.113. The summed E-state index contributed by atoms with van der Waals surface area (Å²) in [5.74, 6) is 7.52. The fourth-order valence-corrected chi connectivity index (χ4v) is 3.56. The van der Waals surface area contributed by atoms with E-state index in [9.17, 15) is 4.79 Å². The second-order valence-corrected chi connectivity index (χ2v) is 7.49. The number of nitrogen functional groups attached to an aromatic ring is 1. The van der Waals surface area contributed by atoms with Crippen molar-refractivity contribution in [3.63, 3.8) is 0 Å². The molecule has 4 rings (SSSR count). The van der Waals surface area contributed by atoms with Crippen molar-refractivity contribution < 1.29 is 14.3 Å². The van der Waals surface area contributed by atoms with E-state index in [0.717, 1.165) is 11.8 Å². The number of hydrogen-bond acceptors (Lipinski definition) is 7. The molecule has 1 aliphatic rings. The largest absolute Gasteiger partial charge is 0.454 e. The third kappa shape index (κ3) is 3.82. The van der Waals surface area contributed by atoms with Crippen LogP contribution in [0.4, 0.5) is 5.69 Å². The molecule has 1 aromatic heterocycles. The Morgan fingerprint density at radius 1 is 1.18 bits per heavy atom. The van der Waals surface area contributed by atoms with Crippen LogP contribution in [-0.2, 0) is 4.79 Å². The van der Waals surface area contributed by atoms with Crippen LogP contribution in [0, 0.1) is 0 Å². The zero-order chi connectivity index (χ0) is 19.7. The summed E-state index contributed by atoms with van der Waals surface area (Å²) in [6, 6.07) is 10.2. The number of benzene rings is 2. The first-order chi connectivity index (χ1) is 13.5. The van der Waals surface area contributed by atoms with Gasteiger partial charge in [-0.25, -0.2) is 4.68 Å². The van der Waals surface area contributed by atoms with E-state index in [2.05, 4.69) is 15.5 Å². The molecule has 3 aromatic rings. The van der Waals surface area contributed by atoms with Gasteiger partial charge in [-0.3, -0.25) is 4.79 Å². The Balaban J connectivity index is 1.42. The molecule has 11 heteroatoms. The quantitative estimate of drug-likeness (QED) is 0.465. The minimum Gasteiger partial charge on any atom is -0.454 e. The highest BCUT2D eigenvalue weighted by atomic mass is 35.5. The van der Waals surface area contributed by atoms with Crippen molar-refractivity contribution in [1.29, 1.82) is 0 Å². The van der Waals surface area contributed by atoms with Crippen LogP contribution in [0.1, 0.15) is 0 Å². The van der Waals surface area contributed by atoms with Gasteiger partial charge in [0.15, 0.2) is 17.3 Å². The Morgan fingerprint density at radius 3 is 2.86 bits per heavy atom. The van der Waals surface area contributed by atoms with Gasteiger partial charge in [-0.1, -0.05) is 35.0 Å². The third-order valence-corrected chi connectivity index (χ3v) is 5.33. The Bertz CT molecular complexity index is 1060. The Morgan fingerprint density at radius 2 is 2.00 bits per heavy atom. The normalized spacial score (nSPS) is 12.2.